The SMILES string of the molecule is CCOCCCCNCCN1CCN(C)C(C)(C)C1. The second-order valence-corrected chi connectivity index (χ2v) is 6.16. The lowest BCUT2D eigenvalue weighted by Crippen LogP contribution is -2.58. The van der Waals surface area contributed by atoms with Crippen LogP contribution in [0.25, 0.3) is 0 Å². The van der Waals surface area contributed by atoms with Gasteiger partial charge < -0.3 is 10.1 Å². The summed E-state index contributed by atoms with van der Waals surface area (Å²) in [5, 5.41) is 3.54. The minimum Gasteiger partial charge on any atom is -0.382 e. The third-order valence-electron chi connectivity index (χ3n) is 4.10. The van der Waals surface area contributed by atoms with E-state index in [4.69, 9.17) is 4.74 Å². The van der Waals surface area contributed by atoms with Crippen LogP contribution in [0.15, 0.2) is 0 Å². The van der Waals surface area contributed by atoms with Gasteiger partial charge in [-0.25, -0.2) is 0 Å². The van der Waals surface area contributed by atoms with Crippen molar-refractivity contribution in [2.45, 2.75) is 39.2 Å². The van der Waals surface area contributed by atoms with Gasteiger partial charge in [0, 0.05) is 51.5 Å². The van der Waals surface area contributed by atoms with E-state index in [1.165, 1.54) is 39.0 Å². The molecule has 0 saturated carbocycles. The quantitative estimate of drug-likeness (QED) is 0.642. The van der Waals surface area contributed by atoms with Crippen LogP contribution in [-0.2, 0) is 4.74 Å². The molecule has 1 heterocycles. The molecule has 0 atom stereocenters. The molecule has 0 unspecified atom stereocenters. The maximum atomic E-state index is 5.33. The number of hydrogen-bond acceptors (Lipinski definition) is 4. The highest BCUT2D eigenvalue weighted by Crippen LogP contribution is 2.18. The van der Waals surface area contributed by atoms with Crippen molar-refractivity contribution in [3.63, 3.8) is 0 Å². The van der Waals surface area contributed by atoms with Gasteiger partial charge in [0.2, 0.25) is 0 Å². The number of unbranched alkanes of at least 4 members (excludes halogenated alkanes) is 1. The van der Waals surface area contributed by atoms with Crippen LogP contribution in [0, 0.1) is 0 Å². The maximum Gasteiger partial charge on any atom is 0.0466 e. The maximum absolute atomic E-state index is 5.33. The first kappa shape index (κ1) is 16.9. The van der Waals surface area contributed by atoms with E-state index in [1.54, 1.807) is 0 Å². The van der Waals surface area contributed by atoms with Crippen LogP contribution in [0.3, 0.4) is 0 Å². The minimum absolute atomic E-state index is 0.315. The summed E-state index contributed by atoms with van der Waals surface area (Å²) >= 11 is 0. The van der Waals surface area contributed by atoms with E-state index in [9.17, 15) is 0 Å². The molecule has 4 heteroatoms. The van der Waals surface area contributed by atoms with Crippen LogP contribution in [-0.4, -0.2) is 74.9 Å². The molecular weight excluding hydrogens is 238 g/mol. The van der Waals surface area contributed by atoms with Crippen molar-refractivity contribution in [2.75, 3.05) is 59.5 Å². The van der Waals surface area contributed by atoms with Gasteiger partial charge in [-0.05, 0) is 47.2 Å². The van der Waals surface area contributed by atoms with Crippen molar-refractivity contribution in [1.29, 1.82) is 0 Å². The largest absolute Gasteiger partial charge is 0.382 e. The second kappa shape index (κ2) is 8.90. The predicted octanol–water partition coefficient (Wildman–Crippen LogP) is 1.42. The monoisotopic (exact) mass is 271 g/mol. The summed E-state index contributed by atoms with van der Waals surface area (Å²) in [7, 11) is 2.23. The Morgan fingerprint density at radius 1 is 1.16 bits per heavy atom. The Bertz CT molecular complexity index is 233. The average molecular weight is 271 g/mol. The number of likely N-dealkylation sites (N-methyl/N-ethyl adjacent to an activating group) is 1. The second-order valence-electron chi connectivity index (χ2n) is 6.16. The summed E-state index contributed by atoms with van der Waals surface area (Å²) in [6.07, 6.45) is 2.39. The number of hydrogen-bond donors (Lipinski definition) is 1. The Balaban J connectivity index is 1.98. The molecule has 1 N–H and O–H groups in total. The number of piperazine rings is 1. The molecule has 114 valence electrons. The van der Waals surface area contributed by atoms with E-state index < -0.39 is 0 Å². The van der Waals surface area contributed by atoms with Crippen LogP contribution >= 0.6 is 0 Å². The molecule has 0 aromatic carbocycles. The highest BCUT2D eigenvalue weighted by atomic mass is 16.5. The third-order valence-corrected chi connectivity index (χ3v) is 4.10. The summed E-state index contributed by atoms with van der Waals surface area (Å²) in [5.41, 5.74) is 0.315. The summed E-state index contributed by atoms with van der Waals surface area (Å²) in [4.78, 5) is 5.04. The van der Waals surface area contributed by atoms with Crippen LogP contribution in [0.5, 0.6) is 0 Å². The normalized spacial score (nSPS) is 20.8. The summed E-state index contributed by atoms with van der Waals surface area (Å²) in [6, 6.07) is 0. The van der Waals surface area contributed by atoms with Crippen molar-refractivity contribution >= 4 is 0 Å². The average Bonchev–Trinajstić information content (AvgIpc) is 2.36. The molecule has 1 fully saturated rings. The molecule has 0 bridgehead atoms. The molecule has 0 aromatic heterocycles. The topological polar surface area (TPSA) is 27.7 Å². The third kappa shape index (κ3) is 6.70. The van der Waals surface area contributed by atoms with Gasteiger partial charge in [0.05, 0.1) is 0 Å². The minimum atomic E-state index is 0.315. The van der Waals surface area contributed by atoms with Gasteiger partial charge in [0.25, 0.3) is 0 Å². The van der Waals surface area contributed by atoms with Crippen molar-refractivity contribution in [2.24, 2.45) is 0 Å². The molecule has 1 rings (SSSR count). The highest BCUT2D eigenvalue weighted by molar-refractivity contribution is 4.88. The lowest BCUT2D eigenvalue weighted by molar-refractivity contribution is 0.0407. The fourth-order valence-corrected chi connectivity index (χ4v) is 2.49. The van der Waals surface area contributed by atoms with Crippen molar-refractivity contribution in [1.82, 2.24) is 15.1 Å². The molecule has 1 saturated heterocycles. The van der Waals surface area contributed by atoms with E-state index in [-0.39, 0.29) is 0 Å². The van der Waals surface area contributed by atoms with E-state index >= 15 is 0 Å². The zero-order valence-electron chi connectivity index (χ0n) is 13.4. The van der Waals surface area contributed by atoms with Crippen molar-refractivity contribution in [3.05, 3.63) is 0 Å². The lowest BCUT2D eigenvalue weighted by Gasteiger charge is -2.45. The van der Waals surface area contributed by atoms with Gasteiger partial charge in [-0.1, -0.05) is 0 Å². The standard InChI is InChI=1S/C15H33N3O/c1-5-19-13-7-6-8-16-9-10-18-12-11-17(4)15(2,3)14-18/h16H,5-14H2,1-4H3. The van der Waals surface area contributed by atoms with Crippen LogP contribution in [0.2, 0.25) is 0 Å². The van der Waals surface area contributed by atoms with E-state index in [1.807, 2.05) is 0 Å². The lowest BCUT2D eigenvalue weighted by atomic mass is 10.00. The molecule has 0 aliphatic carbocycles. The Morgan fingerprint density at radius 3 is 2.63 bits per heavy atom. The molecule has 1 aliphatic rings. The van der Waals surface area contributed by atoms with E-state index in [2.05, 4.69) is 42.9 Å². The number of ether oxygens (including phenoxy) is 1. The van der Waals surface area contributed by atoms with E-state index in [0.29, 0.717) is 5.54 Å². The Hall–Kier alpha value is -0.160. The first-order chi connectivity index (χ1) is 9.06. The fraction of sp³-hybridized carbons (Fsp3) is 1.00. The van der Waals surface area contributed by atoms with E-state index in [0.717, 1.165) is 26.3 Å². The van der Waals surface area contributed by atoms with Gasteiger partial charge in [0.1, 0.15) is 0 Å². The van der Waals surface area contributed by atoms with Gasteiger partial charge in [-0.2, -0.15) is 0 Å². The molecule has 0 aromatic rings. The Labute approximate surface area is 119 Å². The zero-order chi connectivity index (χ0) is 14.1. The van der Waals surface area contributed by atoms with Crippen LogP contribution in [0.1, 0.15) is 33.6 Å². The predicted molar refractivity (Wildman–Crippen MR) is 81.7 cm³/mol. The zero-order valence-corrected chi connectivity index (χ0v) is 13.4. The number of nitrogens with one attached hydrogen (secondary N) is 1. The Kier molecular flexibility index (Phi) is 7.91. The van der Waals surface area contributed by atoms with Gasteiger partial charge in [-0.15, -0.1) is 0 Å². The van der Waals surface area contributed by atoms with Gasteiger partial charge >= 0.3 is 0 Å². The summed E-state index contributed by atoms with van der Waals surface area (Å²) in [6.45, 7) is 15.4. The first-order valence-corrected chi connectivity index (χ1v) is 7.78. The highest BCUT2D eigenvalue weighted by Gasteiger charge is 2.30. The molecule has 0 spiro atoms. The fourth-order valence-electron chi connectivity index (χ4n) is 2.49. The van der Waals surface area contributed by atoms with Gasteiger partial charge in [0.15, 0.2) is 0 Å². The molecule has 19 heavy (non-hydrogen) atoms. The van der Waals surface area contributed by atoms with Crippen LogP contribution in [0.4, 0.5) is 0 Å². The Morgan fingerprint density at radius 2 is 1.95 bits per heavy atom. The first-order valence-electron chi connectivity index (χ1n) is 7.78. The molecule has 0 amide bonds. The van der Waals surface area contributed by atoms with Crippen molar-refractivity contribution in [3.8, 4) is 0 Å². The number of nitrogens with zero attached hydrogens (tertiary/aromatic N) is 2. The summed E-state index contributed by atoms with van der Waals surface area (Å²) < 4.78 is 5.33. The molecule has 1 aliphatic heterocycles. The van der Waals surface area contributed by atoms with Crippen molar-refractivity contribution < 1.29 is 4.74 Å². The molecular formula is C15H33N3O. The van der Waals surface area contributed by atoms with Crippen LogP contribution < -0.4 is 5.32 Å². The molecule has 0 radical (unpaired) electrons. The smallest absolute Gasteiger partial charge is 0.0466 e. The van der Waals surface area contributed by atoms with Gasteiger partial charge in [-0.3, -0.25) is 9.80 Å². The summed E-state index contributed by atoms with van der Waals surface area (Å²) in [5.74, 6) is 0. The molecule has 4 nitrogen and oxygen atoms in total. The number of rotatable bonds is 9.